The molecule has 0 aliphatic carbocycles. The maximum absolute atomic E-state index is 17.5. The number of pyridine rings is 1. The lowest BCUT2D eigenvalue weighted by molar-refractivity contribution is -0.0705. The number of likely N-dealkylation sites (tertiary alicyclic amines) is 1. The van der Waals surface area contributed by atoms with Crippen LogP contribution in [0.2, 0.25) is 0 Å². The van der Waals surface area contributed by atoms with Crippen LogP contribution in [0.25, 0.3) is 32.2 Å². The van der Waals surface area contributed by atoms with Gasteiger partial charge in [0.05, 0.1) is 65.5 Å². The molecule has 260 valence electrons. The van der Waals surface area contributed by atoms with Crippen molar-refractivity contribution in [2.45, 2.75) is 75.2 Å². The van der Waals surface area contributed by atoms with E-state index in [2.05, 4.69) is 25.8 Å². The molecule has 0 amide bonds. The summed E-state index contributed by atoms with van der Waals surface area (Å²) in [4.78, 5) is 21.2. The number of nitrogen functional groups attached to an aromatic ring is 1. The summed E-state index contributed by atoms with van der Waals surface area (Å²) in [6.07, 6.45) is 4.21. The number of rotatable bonds is 6. The molecule has 0 saturated carbocycles. The first-order chi connectivity index (χ1) is 24.3. The number of alkyl halides is 1. The molecular weight excluding hydrogens is 669 g/mol. The van der Waals surface area contributed by atoms with Crippen molar-refractivity contribution in [3.8, 4) is 23.3 Å². The number of piperazine rings is 1. The quantitative estimate of drug-likeness (QED) is 0.301. The predicted molar refractivity (Wildman–Crippen MR) is 180 cm³/mol. The summed E-state index contributed by atoms with van der Waals surface area (Å²) in [5, 5.41) is 10.9. The Morgan fingerprint density at radius 3 is 2.62 bits per heavy atom. The summed E-state index contributed by atoms with van der Waals surface area (Å²) >= 11 is 0.938. The minimum Gasteiger partial charge on any atom is -0.461 e. The third kappa shape index (κ3) is 4.44. The van der Waals surface area contributed by atoms with Gasteiger partial charge >= 0.3 is 6.01 Å². The lowest BCUT2D eigenvalue weighted by Gasteiger charge is -2.47. The van der Waals surface area contributed by atoms with Crippen molar-refractivity contribution < 1.29 is 27.4 Å². The number of hydrogen-bond acceptors (Lipinski definition) is 12. The summed E-state index contributed by atoms with van der Waals surface area (Å²) in [5.41, 5.74) is 7.34. The first-order valence-electron chi connectivity index (χ1n) is 17.3. The summed E-state index contributed by atoms with van der Waals surface area (Å²) in [5.74, 6) is -0.698. The lowest BCUT2D eigenvalue weighted by atomic mass is 9.93. The third-order valence-corrected chi connectivity index (χ3v) is 13.0. The Labute approximate surface area is 289 Å². The molecule has 2 unspecified atom stereocenters. The maximum atomic E-state index is 17.5. The number of nitrogens with zero attached hydrogens (tertiary/aromatic N) is 7. The number of thiophene rings is 1. The van der Waals surface area contributed by atoms with Gasteiger partial charge in [0.25, 0.3) is 0 Å². The molecule has 9 heterocycles. The van der Waals surface area contributed by atoms with Crippen molar-refractivity contribution in [2.24, 2.45) is 0 Å². The van der Waals surface area contributed by atoms with Crippen molar-refractivity contribution in [3.05, 3.63) is 34.5 Å². The summed E-state index contributed by atoms with van der Waals surface area (Å²) in [7, 11) is 0. The fourth-order valence-electron chi connectivity index (χ4n) is 9.54. The summed E-state index contributed by atoms with van der Waals surface area (Å²) < 4.78 is 65.2. The van der Waals surface area contributed by atoms with Crippen molar-refractivity contribution in [2.75, 3.05) is 56.6 Å². The van der Waals surface area contributed by atoms with Crippen LogP contribution in [0.5, 0.6) is 6.01 Å². The number of fused-ring (bicyclic) bond motifs is 7. The molecule has 4 aromatic rings. The van der Waals surface area contributed by atoms with Gasteiger partial charge in [0.2, 0.25) is 0 Å². The Balaban J connectivity index is 1.16. The number of aromatic nitrogens is 3. The number of anilines is 2. The van der Waals surface area contributed by atoms with E-state index in [0.29, 0.717) is 35.8 Å². The van der Waals surface area contributed by atoms with Crippen LogP contribution in [0.15, 0.2) is 6.20 Å². The van der Waals surface area contributed by atoms with Gasteiger partial charge < -0.3 is 24.8 Å². The van der Waals surface area contributed by atoms with E-state index < -0.39 is 23.3 Å². The number of halogens is 3. The molecule has 1 aromatic carbocycles. The Morgan fingerprint density at radius 2 is 1.86 bits per heavy atom. The van der Waals surface area contributed by atoms with Gasteiger partial charge in [-0.25, -0.2) is 13.2 Å². The highest BCUT2D eigenvalue weighted by Gasteiger charge is 2.50. The van der Waals surface area contributed by atoms with E-state index in [4.69, 9.17) is 29.9 Å². The van der Waals surface area contributed by atoms with Crippen LogP contribution in [-0.2, 0) is 22.7 Å². The van der Waals surface area contributed by atoms with E-state index in [1.807, 2.05) is 0 Å². The number of hydrogen-bond donors (Lipinski definition) is 1. The van der Waals surface area contributed by atoms with Crippen LogP contribution >= 0.6 is 11.3 Å². The van der Waals surface area contributed by atoms with Gasteiger partial charge in [0, 0.05) is 49.1 Å². The molecule has 2 bridgehead atoms. The number of nitriles is 1. The minimum atomic E-state index is -0.924. The highest BCUT2D eigenvalue weighted by molar-refractivity contribution is 7.23. The zero-order chi connectivity index (χ0) is 33.9. The van der Waals surface area contributed by atoms with Gasteiger partial charge in [0.1, 0.15) is 35.2 Å². The van der Waals surface area contributed by atoms with Crippen LogP contribution < -0.4 is 15.4 Å². The average molecular weight is 705 g/mol. The molecule has 5 saturated heterocycles. The zero-order valence-corrected chi connectivity index (χ0v) is 28.1. The Morgan fingerprint density at radius 1 is 1.06 bits per heavy atom. The van der Waals surface area contributed by atoms with Crippen LogP contribution in [0, 0.1) is 23.0 Å². The largest absolute Gasteiger partial charge is 0.461 e. The molecule has 0 spiro atoms. The van der Waals surface area contributed by atoms with Gasteiger partial charge in [-0.2, -0.15) is 15.2 Å². The average Bonchev–Trinajstić information content (AvgIpc) is 3.88. The van der Waals surface area contributed by atoms with Crippen molar-refractivity contribution >= 4 is 43.1 Å². The van der Waals surface area contributed by atoms with Crippen LogP contribution in [-0.4, -0.2) is 101 Å². The van der Waals surface area contributed by atoms with Crippen molar-refractivity contribution in [1.29, 1.82) is 5.26 Å². The van der Waals surface area contributed by atoms with E-state index in [1.54, 1.807) is 0 Å². The minimum absolute atomic E-state index is 0.0312. The number of nitrogens with two attached hydrogens (primary N) is 1. The van der Waals surface area contributed by atoms with Gasteiger partial charge in [-0.05, 0) is 43.4 Å². The Bertz CT molecular complexity index is 2110. The summed E-state index contributed by atoms with van der Waals surface area (Å²) in [6, 6.07) is 2.81. The maximum Gasteiger partial charge on any atom is 0.319 e. The number of benzene rings is 1. The molecule has 2 N–H and O–H groups in total. The number of ether oxygens (including phenoxy) is 3. The molecule has 3 aromatic heterocycles. The predicted octanol–water partition coefficient (Wildman–Crippen LogP) is 4.68. The first kappa shape index (κ1) is 31.0. The van der Waals surface area contributed by atoms with Crippen LogP contribution in [0.1, 0.15) is 48.8 Å². The Hall–Kier alpha value is -3.81. The molecule has 50 heavy (non-hydrogen) atoms. The molecule has 0 radical (unpaired) electrons. The molecule has 10 rings (SSSR count). The second-order valence-electron chi connectivity index (χ2n) is 14.6. The van der Waals surface area contributed by atoms with Gasteiger partial charge in [-0.1, -0.05) is 0 Å². The Kier molecular flexibility index (Phi) is 7.03. The fraction of sp³-hybridized carbons (Fsp3) is 0.543. The van der Waals surface area contributed by atoms with E-state index in [9.17, 15) is 9.65 Å². The normalized spacial score (nSPS) is 28.0. The standard InChI is InChI=1S/C35H35F3N8O3S/c36-17-6-35(4-1-5-45(35)9-17)16-49-34-42-30-27(33(43-34)46-18-2-3-19(46)11-44(10-18)20-12-47-13-20)23-15-48-14-22(23)25(28(30)38)29-26-21(7-39)32(40)50-31(26)24(37)8-41-29/h8,17-20H,1-6,9-16,40H2/t17-,18?,19?,35+/m1/s1. The second kappa shape index (κ2) is 11.3. The van der Waals surface area contributed by atoms with Crippen LogP contribution in [0.3, 0.4) is 0 Å². The zero-order valence-electron chi connectivity index (χ0n) is 27.3. The fourth-order valence-corrected chi connectivity index (χ4v) is 10.5. The van der Waals surface area contributed by atoms with E-state index in [-0.39, 0.29) is 75.3 Å². The molecule has 4 atom stereocenters. The third-order valence-electron chi connectivity index (χ3n) is 11.9. The lowest BCUT2D eigenvalue weighted by Crippen LogP contribution is -2.61. The van der Waals surface area contributed by atoms with Gasteiger partial charge in [-0.3, -0.25) is 14.8 Å². The van der Waals surface area contributed by atoms with E-state index >= 15 is 8.78 Å². The van der Waals surface area contributed by atoms with Crippen molar-refractivity contribution in [1.82, 2.24) is 24.8 Å². The highest BCUT2D eigenvalue weighted by Crippen LogP contribution is 2.48. The summed E-state index contributed by atoms with van der Waals surface area (Å²) in [6.45, 7) is 4.85. The van der Waals surface area contributed by atoms with Gasteiger partial charge in [0.15, 0.2) is 11.6 Å². The second-order valence-corrected chi connectivity index (χ2v) is 15.7. The molecule has 6 aliphatic rings. The monoisotopic (exact) mass is 704 g/mol. The molecule has 6 aliphatic heterocycles. The molecule has 11 nitrogen and oxygen atoms in total. The van der Waals surface area contributed by atoms with E-state index in [0.717, 1.165) is 81.6 Å². The topological polar surface area (TPSA) is 126 Å². The van der Waals surface area contributed by atoms with Crippen LogP contribution in [0.4, 0.5) is 24.0 Å². The SMILES string of the molecule is N#Cc1c(N)sc2c(F)cnc(-c3c4c(c5c(N6C7CCC6CN(C6COC6)C7)nc(OC[C@@]67CCCN6C[C@H](F)C7)nc5c3F)COC4)c12. The smallest absolute Gasteiger partial charge is 0.319 e. The molecule has 5 fully saturated rings. The van der Waals surface area contributed by atoms with Gasteiger partial charge in [-0.15, -0.1) is 11.3 Å². The highest BCUT2D eigenvalue weighted by atomic mass is 32.1. The first-order valence-corrected chi connectivity index (χ1v) is 18.2. The molecular formula is C35H35F3N8O3S. The van der Waals surface area contributed by atoms with Crippen molar-refractivity contribution in [3.63, 3.8) is 0 Å². The van der Waals surface area contributed by atoms with E-state index in [1.165, 1.54) is 0 Å². The molecule has 15 heteroatoms.